The number of benzene rings is 1. The van der Waals surface area contributed by atoms with Gasteiger partial charge < -0.3 is 14.6 Å². The predicted octanol–water partition coefficient (Wildman–Crippen LogP) is 4.43. The van der Waals surface area contributed by atoms with Crippen molar-refractivity contribution in [2.75, 3.05) is 19.6 Å². The SMILES string of the molecule is CC(C)N(CC1CCCN(Cc2nc3ccc(Cl)cc3c(=O)[nH]2)C1)C(=O)OC(C)(C)C. The van der Waals surface area contributed by atoms with Crippen LogP contribution < -0.4 is 5.56 Å². The number of halogens is 1. The van der Waals surface area contributed by atoms with Gasteiger partial charge in [0.2, 0.25) is 0 Å². The molecule has 170 valence electrons. The standard InChI is InChI=1S/C23H33ClN4O3/c1-15(2)28(22(30)31-23(3,4)5)13-16-7-6-10-27(12-16)14-20-25-19-9-8-17(24)11-18(19)21(29)26-20/h8-9,11,15-16H,6-7,10,12-14H2,1-5H3,(H,25,26,29). The fourth-order valence-corrected chi connectivity index (χ4v) is 4.16. The normalized spacial score (nSPS) is 17.8. The van der Waals surface area contributed by atoms with Crippen LogP contribution in [0.3, 0.4) is 0 Å². The van der Waals surface area contributed by atoms with Gasteiger partial charge in [-0.25, -0.2) is 9.78 Å². The average molecular weight is 449 g/mol. The van der Waals surface area contributed by atoms with Gasteiger partial charge in [0.1, 0.15) is 11.4 Å². The van der Waals surface area contributed by atoms with Crippen LogP contribution in [0.1, 0.15) is 53.3 Å². The van der Waals surface area contributed by atoms with Crippen LogP contribution in [0.5, 0.6) is 0 Å². The van der Waals surface area contributed by atoms with Crippen LogP contribution in [-0.4, -0.2) is 57.1 Å². The highest BCUT2D eigenvalue weighted by molar-refractivity contribution is 6.31. The van der Waals surface area contributed by atoms with Gasteiger partial charge in [-0.05, 0) is 78.1 Å². The van der Waals surface area contributed by atoms with Crippen LogP contribution in [0.4, 0.5) is 4.79 Å². The summed E-state index contributed by atoms with van der Waals surface area (Å²) in [5.74, 6) is 0.989. The van der Waals surface area contributed by atoms with Gasteiger partial charge in [-0.2, -0.15) is 0 Å². The lowest BCUT2D eigenvalue weighted by Crippen LogP contribution is -2.47. The van der Waals surface area contributed by atoms with Crippen molar-refractivity contribution >= 4 is 28.6 Å². The summed E-state index contributed by atoms with van der Waals surface area (Å²) < 4.78 is 5.60. The molecule has 1 N–H and O–H groups in total. The number of carbonyl (C=O) groups is 1. The maximum absolute atomic E-state index is 12.7. The van der Waals surface area contributed by atoms with Crippen molar-refractivity contribution in [3.8, 4) is 0 Å². The molecular formula is C23H33ClN4O3. The van der Waals surface area contributed by atoms with Crippen molar-refractivity contribution in [2.45, 2.75) is 65.6 Å². The molecule has 1 amide bonds. The number of hydrogen-bond donors (Lipinski definition) is 1. The Kier molecular flexibility index (Phi) is 7.27. The maximum Gasteiger partial charge on any atom is 0.410 e. The zero-order chi connectivity index (χ0) is 22.8. The van der Waals surface area contributed by atoms with Crippen LogP contribution >= 0.6 is 11.6 Å². The van der Waals surface area contributed by atoms with E-state index in [0.29, 0.717) is 40.8 Å². The Bertz CT molecular complexity index is 983. The summed E-state index contributed by atoms with van der Waals surface area (Å²) in [5.41, 5.74) is -0.0414. The Morgan fingerprint density at radius 1 is 1.39 bits per heavy atom. The van der Waals surface area contributed by atoms with E-state index < -0.39 is 5.60 Å². The summed E-state index contributed by atoms with van der Waals surface area (Å²) in [6.45, 7) is 12.7. The van der Waals surface area contributed by atoms with Gasteiger partial charge in [0.15, 0.2) is 0 Å². The smallest absolute Gasteiger partial charge is 0.410 e. The molecule has 1 aliphatic rings. The first kappa shape index (κ1) is 23.5. The molecule has 3 rings (SSSR count). The second kappa shape index (κ2) is 9.57. The van der Waals surface area contributed by atoms with Crippen molar-refractivity contribution in [3.05, 3.63) is 39.4 Å². The van der Waals surface area contributed by atoms with Gasteiger partial charge in [0, 0.05) is 24.2 Å². The second-order valence-corrected chi connectivity index (χ2v) is 10.1. The summed E-state index contributed by atoms with van der Waals surface area (Å²) in [4.78, 5) is 36.7. The number of H-pyrrole nitrogens is 1. The molecule has 0 bridgehead atoms. The van der Waals surface area contributed by atoms with Gasteiger partial charge in [0.05, 0.1) is 17.4 Å². The molecule has 0 saturated carbocycles. The molecule has 7 nitrogen and oxygen atoms in total. The molecular weight excluding hydrogens is 416 g/mol. The molecule has 2 heterocycles. The number of carbonyl (C=O) groups excluding carboxylic acids is 1. The molecule has 0 radical (unpaired) electrons. The van der Waals surface area contributed by atoms with E-state index in [1.165, 1.54) is 0 Å². The minimum atomic E-state index is -0.513. The van der Waals surface area contributed by atoms with Crippen LogP contribution in [0.2, 0.25) is 5.02 Å². The molecule has 1 unspecified atom stereocenters. The number of aromatic amines is 1. The topological polar surface area (TPSA) is 78.5 Å². The highest BCUT2D eigenvalue weighted by Gasteiger charge is 2.29. The van der Waals surface area contributed by atoms with E-state index >= 15 is 0 Å². The molecule has 0 spiro atoms. The first-order chi connectivity index (χ1) is 14.5. The number of amides is 1. The molecule has 2 aromatic rings. The lowest BCUT2D eigenvalue weighted by atomic mass is 9.97. The number of nitrogens with one attached hydrogen (secondary N) is 1. The molecule has 8 heteroatoms. The predicted molar refractivity (Wildman–Crippen MR) is 123 cm³/mol. The molecule has 1 aromatic heterocycles. The second-order valence-electron chi connectivity index (χ2n) is 9.64. The number of rotatable bonds is 5. The van der Waals surface area contributed by atoms with Crippen LogP contribution in [0.15, 0.2) is 23.0 Å². The van der Waals surface area contributed by atoms with E-state index in [9.17, 15) is 9.59 Å². The Morgan fingerprint density at radius 3 is 2.81 bits per heavy atom. The summed E-state index contributed by atoms with van der Waals surface area (Å²) >= 11 is 6.00. The zero-order valence-electron chi connectivity index (χ0n) is 19.1. The number of piperidine rings is 1. The zero-order valence-corrected chi connectivity index (χ0v) is 19.8. The van der Waals surface area contributed by atoms with E-state index in [1.54, 1.807) is 18.2 Å². The maximum atomic E-state index is 12.7. The van der Waals surface area contributed by atoms with Gasteiger partial charge >= 0.3 is 6.09 Å². The molecule has 31 heavy (non-hydrogen) atoms. The van der Waals surface area contributed by atoms with Crippen molar-refractivity contribution in [3.63, 3.8) is 0 Å². The number of likely N-dealkylation sites (tertiary alicyclic amines) is 1. The van der Waals surface area contributed by atoms with E-state index in [2.05, 4.69) is 14.9 Å². The van der Waals surface area contributed by atoms with Crippen molar-refractivity contribution < 1.29 is 9.53 Å². The fourth-order valence-electron chi connectivity index (χ4n) is 3.98. The highest BCUT2D eigenvalue weighted by Crippen LogP contribution is 2.22. The van der Waals surface area contributed by atoms with E-state index in [1.807, 2.05) is 39.5 Å². The van der Waals surface area contributed by atoms with E-state index in [4.69, 9.17) is 16.3 Å². The summed E-state index contributed by atoms with van der Waals surface area (Å²) in [7, 11) is 0. The Hall–Kier alpha value is -2.12. The number of nitrogens with zero attached hydrogens (tertiary/aromatic N) is 3. The van der Waals surface area contributed by atoms with Crippen molar-refractivity contribution in [1.82, 2.24) is 19.8 Å². The Labute approximate surface area is 188 Å². The summed E-state index contributed by atoms with van der Waals surface area (Å²) in [5, 5.41) is 1.02. The van der Waals surface area contributed by atoms with E-state index in [0.717, 1.165) is 25.9 Å². The molecule has 1 fully saturated rings. The lowest BCUT2D eigenvalue weighted by Gasteiger charge is -2.37. The lowest BCUT2D eigenvalue weighted by molar-refractivity contribution is 0.0117. The van der Waals surface area contributed by atoms with E-state index in [-0.39, 0.29) is 17.7 Å². The molecule has 1 saturated heterocycles. The molecule has 1 atom stereocenters. The minimum absolute atomic E-state index is 0.0653. The van der Waals surface area contributed by atoms with Crippen LogP contribution in [0.25, 0.3) is 10.9 Å². The summed E-state index contributed by atoms with van der Waals surface area (Å²) in [6, 6.07) is 5.22. The quantitative estimate of drug-likeness (QED) is 0.731. The highest BCUT2D eigenvalue weighted by atomic mass is 35.5. The van der Waals surface area contributed by atoms with Crippen molar-refractivity contribution in [1.29, 1.82) is 0 Å². The minimum Gasteiger partial charge on any atom is -0.444 e. The van der Waals surface area contributed by atoms with Gasteiger partial charge in [-0.1, -0.05) is 11.6 Å². The van der Waals surface area contributed by atoms with Crippen LogP contribution in [0, 0.1) is 5.92 Å². The number of fused-ring (bicyclic) bond motifs is 1. The monoisotopic (exact) mass is 448 g/mol. The third-order valence-electron chi connectivity index (χ3n) is 5.40. The first-order valence-electron chi connectivity index (χ1n) is 10.9. The molecule has 0 aliphatic carbocycles. The van der Waals surface area contributed by atoms with Gasteiger partial charge in [-0.15, -0.1) is 0 Å². The largest absolute Gasteiger partial charge is 0.444 e. The molecule has 1 aromatic carbocycles. The number of ether oxygens (including phenoxy) is 1. The molecule has 1 aliphatic heterocycles. The first-order valence-corrected chi connectivity index (χ1v) is 11.3. The Morgan fingerprint density at radius 2 is 2.13 bits per heavy atom. The van der Waals surface area contributed by atoms with Crippen LogP contribution in [-0.2, 0) is 11.3 Å². The number of aromatic nitrogens is 2. The average Bonchev–Trinajstić information content (AvgIpc) is 2.65. The fraction of sp³-hybridized carbons (Fsp3) is 0.609. The summed E-state index contributed by atoms with van der Waals surface area (Å²) in [6.07, 6.45) is 1.83. The third kappa shape index (κ3) is 6.43. The van der Waals surface area contributed by atoms with Crippen molar-refractivity contribution in [2.24, 2.45) is 5.92 Å². The number of hydrogen-bond acceptors (Lipinski definition) is 5. The Balaban J connectivity index is 1.67. The van der Waals surface area contributed by atoms with Gasteiger partial charge in [-0.3, -0.25) is 9.69 Å². The third-order valence-corrected chi connectivity index (χ3v) is 5.63. The van der Waals surface area contributed by atoms with Gasteiger partial charge in [0.25, 0.3) is 5.56 Å².